The molecule has 0 aliphatic carbocycles. The fourth-order valence-corrected chi connectivity index (χ4v) is 5.44. The van der Waals surface area contributed by atoms with Gasteiger partial charge < -0.3 is 15.3 Å². The maximum absolute atomic E-state index is 13.4. The Morgan fingerprint density at radius 2 is 1.44 bits per heavy atom. The highest BCUT2D eigenvalue weighted by Gasteiger charge is 2.28. The van der Waals surface area contributed by atoms with E-state index in [4.69, 9.17) is 0 Å². The van der Waals surface area contributed by atoms with Gasteiger partial charge in [0.25, 0.3) is 0 Å². The standard InChI is InChI=1S/C38H42N2O5/c1-26(2)34(38(45)39-27(3)36(43)22-28-16-18-29(25-41)19-17-28)23-33(42)13-7-9-15-37(44)40-24-32-12-5-4-10-30(32)20-21-31-11-6-8-14-35(31)40/h4-6,8,10-12,14,16-19,26-27,34,41H,7,9,13,15,22-25H2,1-3H3,(H,39,45)/t27-,34-/m0/s1. The molecule has 0 bridgehead atoms. The summed E-state index contributed by atoms with van der Waals surface area (Å²) in [4.78, 5) is 54.0. The van der Waals surface area contributed by atoms with E-state index in [1.165, 1.54) is 0 Å². The van der Waals surface area contributed by atoms with Crippen molar-refractivity contribution in [2.45, 2.75) is 78.5 Å². The zero-order chi connectivity index (χ0) is 32.3. The van der Waals surface area contributed by atoms with E-state index in [0.717, 1.165) is 33.5 Å². The Bertz CT molecular complexity index is 1580. The number of amides is 2. The van der Waals surface area contributed by atoms with Crippen molar-refractivity contribution in [3.05, 3.63) is 101 Å². The van der Waals surface area contributed by atoms with Crippen molar-refractivity contribution in [2.24, 2.45) is 11.8 Å². The highest BCUT2D eigenvalue weighted by molar-refractivity contribution is 5.95. The summed E-state index contributed by atoms with van der Waals surface area (Å²) in [6.07, 6.45) is 1.95. The molecule has 7 heteroatoms. The second-order valence-electron chi connectivity index (χ2n) is 12.1. The van der Waals surface area contributed by atoms with Crippen LogP contribution >= 0.6 is 0 Å². The first kappa shape index (κ1) is 33.4. The first-order valence-corrected chi connectivity index (χ1v) is 15.7. The van der Waals surface area contributed by atoms with Gasteiger partial charge in [-0.15, -0.1) is 0 Å². The molecule has 0 fully saturated rings. The van der Waals surface area contributed by atoms with E-state index >= 15 is 0 Å². The Morgan fingerprint density at radius 3 is 2.16 bits per heavy atom. The second kappa shape index (κ2) is 16.0. The lowest BCUT2D eigenvalue weighted by atomic mass is 9.88. The van der Waals surface area contributed by atoms with Crippen LogP contribution in [0.5, 0.6) is 0 Å². The van der Waals surface area contributed by atoms with Gasteiger partial charge in [0.2, 0.25) is 11.8 Å². The lowest BCUT2D eigenvalue weighted by molar-refractivity contribution is -0.133. The number of carbonyl (C=O) groups excluding carboxylic acids is 4. The lowest BCUT2D eigenvalue weighted by Gasteiger charge is -2.26. The first-order valence-electron chi connectivity index (χ1n) is 15.7. The topological polar surface area (TPSA) is 104 Å². The molecule has 1 heterocycles. The van der Waals surface area contributed by atoms with Crippen LogP contribution in [0.4, 0.5) is 5.69 Å². The number of ketones is 2. The molecular formula is C38H42N2O5. The Kier molecular flexibility index (Phi) is 11.8. The third-order valence-electron chi connectivity index (χ3n) is 8.28. The highest BCUT2D eigenvalue weighted by Crippen LogP contribution is 2.26. The highest BCUT2D eigenvalue weighted by atomic mass is 16.3. The van der Waals surface area contributed by atoms with Gasteiger partial charge in [-0.05, 0) is 60.6 Å². The number of unbranched alkanes of at least 4 members (excludes halogenated alkanes) is 1. The Labute approximate surface area is 266 Å². The third kappa shape index (κ3) is 9.23. The molecule has 1 aliphatic heterocycles. The predicted molar refractivity (Wildman–Crippen MR) is 175 cm³/mol. The number of carbonyl (C=O) groups is 4. The van der Waals surface area contributed by atoms with Crippen LogP contribution < -0.4 is 10.2 Å². The first-order chi connectivity index (χ1) is 21.7. The molecule has 0 saturated carbocycles. The minimum absolute atomic E-state index is 0.0177. The van der Waals surface area contributed by atoms with Crippen LogP contribution in [0.15, 0.2) is 72.8 Å². The molecule has 0 spiro atoms. The molecule has 0 aromatic heterocycles. The van der Waals surface area contributed by atoms with E-state index in [9.17, 15) is 24.3 Å². The van der Waals surface area contributed by atoms with E-state index in [0.29, 0.717) is 25.8 Å². The largest absolute Gasteiger partial charge is 0.392 e. The zero-order valence-electron chi connectivity index (χ0n) is 26.3. The number of fused-ring (bicyclic) bond motifs is 2. The summed E-state index contributed by atoms with van der Waals surface area (Å²) in [6, 6.07) is 21.9. The smallest absolute Gasteiger partial charge is 0.227 e. The molecule has 0 saturated heterocycles. The molecule has 2 atom stereocenters. The number of aliphatic hydroxyl groups is 1. The average molecular weight is 607 g/mol. The molecule has 4 rings (SSSR count). The van der Waals surface area contributed by atoms with Gasteiger partial charge in [-0.2, -0.15) is 0 Å². The lowest BCUT2D eigenvalue weighted by Crippen LogP contribution is -2.44. The summed E-state index contributed by atoms with van der Waals surface area (Å²) < 4.78 is 0. The molecule has 2 N–H and O–H groups in total. The molecule has 2 amide bonds. The van der Waals surface area contributed by atoms with Crippen molar-refractivity contribution in [1.82, 2.24) is 5.32 Å². The van der Waals surface area contributed by atoms with Gasteiger partial charge >= 0.3 is 0 Å². The van der Waals surface area contributed by atoms with Gasteiger partial charge in [0.1, 0.15) is 5.78 Å². The molecule has 45 heavy (non-hydrogen) atoms. The molecule has 0 unspecified atom stereocenters. The number of para-hydroxylation sites is 1. The van der Waals surface area contributed by atoms with Gasteiger partial charge in [-0.3, -0.25) is 19.2 Å². The van der Waals surface area contributed by atoms with E-state index in [1.807, 2.05) is 62.4 Å². The van der Waals surface area contributed by atoms with Crippen LogP contribution in [0.2, 0.25) is 0 Å². The Balaban J connectivity index is 1.26. The molecule has 3 aromatic rings. The fraction of sp³-hybridized carbons (Fsp3) is 0.368. The normalized spacial score (nSPS) is 13.3. The third-order valence-corrected chi connectivity index (χ3v) is 8.28. The fourth-order valence-electron chi connectivity index (χ4n) is 5.44. The number of anilines is 1. The molecule has 1 aliphatic rings. The molecule has 234 valence electrons. The van der Waals surface area contributed by atoms with E-state index < -0.39 is 12.0 Å². The molecule has 3 aromatic carbocycles. The maximum atomic E-state index is 13.4. The number of rotatable bonds is 14. The minimum atomic E-state index is -0.691. The second-order valence-corrected chi connectivity index (χ2v) is 12.1. The van der Waals surface area contributed by atoms with Gasteiger partial charge in [0.05, 0.1) is 24.9 Å². The van der Waals surface area contributed by atoms with Gasteiger partial charge in [-0.25, -0.2) is 0 Å². The number of Topliss-reactive ketones (excluding diaryl/α,β-unsaturated/α-hetero) is 2. The SMILES string of the molecule is CC(C)[C@H](CC(=O)CCCCC(=O)N1Cc2ccccc2C#Cc2ccccc21)C(=O)N[C@@H](C)C(=O)Cc1ccc(CO)cc1. The molecule has 7 nitrogen and oxygen atoms in total. The van der Waals surface area contributed by atoms with Gasteiger partial charge in [-0.1, -0.05) is 80.3 Å². The van der Waals surface area contributed by atoms with Gasteiger partial charge in [0, 0.05) is 42.7 Å². The van der Waals surface area contributed by atoms with Crippen LogP contribution in [0.25, 0.3) is 0 Å². The zero-order valence-corrected chi connectivity index (χ0v) is 26.3. The van der Waals surface area contributed by atoms with Crippen LogP contribution in [0.3, 0.4) is 0 Å². The Hall–Kier alpha value is -4.54. The summed E-state index contributed by atoms with van der Waals surface area (Å²) >= 11 is 0. The number of hydrogen-bond donors (Lipinski definition) is 2. The maximum Gasteiger partial charge on any atom is 0.227 e. The van der Waals surface area contributed by atoms with Crippen molar-refractivity contribution in [3.8, 4) is 11.8 Å². The number of nitrogens with one attached hydrogen (secondary N) is 1. The van der Waals surface area contributed by atoms with E-state index in [1.54, 1.807) is 36.1 Å². The monoisotopic (exact) mass is 606 g/mol. The number of hydrogen-bond acceptors (Lipinski definition) is 5. The predicted octanol–water partition coefficient (Wildman–Crippen LogP) is 5.53. The number of nitrogens with zero attached hydrogens (tertiary/aromatic N) is 1. The van der Waals surface area contributed by atoms with Gasteiger partial charge in [0.15, 0.2) is 5.78 Å². The van der Waals surface area contributed by atoms with Crippen LogP contribution in [0, 0.1) is 23.7 Å². The summed E-state index contributed by atoms with van der Waals surface area (Å²) in [5.74, 6) is 5.34. The number of aliphatic hydroxyl groups excluding tert-OH is 1. The minimum Gasteiger partial charge on any atom is -0.392 e. The van der Waals surface area contributed by atoms with Crippen LogP contribution in [-0.2, 0) is 38.8 Å². The van der Waals surface area contributed by atoms with Crippen molar-refractivity contribution in [3.63, 3.8) is 0 Å². The summed E-state index contributed by atoms with van der Waals surface area (Å²) in [5, 5.41) is 12.0. The molecule has 0 radical (unpaired) electrons. The van der Waals surface area contributed by atoms with Crippen molar-refractivity contribution < 1.29 is 24.3 Å². The Morgan fingerprint density at radius 1 is 0.822 bits per heavy atom. The molecular weight excluding hydrogens is 564 g/mol. The van der Waals surface area contributed by atoms with Crippen LogP contribution in [0.1, 0.15) is 80.7 Å². The van der Waals surface area contributed by atoms with Crippen molar-refractivity contribution >= 4 is 29.1 Å². The quantitative estimate of drug-likeness (QED) is 0.186. The van der Waals surface area contributed by atoms with Crippen molar-refractivity contribution in [1.29, 1.82) is 0 Å². The van der Waals surface area contributed by atoms with Crippen molar-refractivity contribution in [2.75, 3.05) is 4.90 Å². The summed E-state index contributed by atoms with van der Waals surface area (Å²) in [6.45, 7) is 5.83. The summed E-state index contributed by atoms with van der Waals surface area (Å²) in [7, 11) is 0. The van der Waals surface area contributed by atoms with E-state index in [-0.39, 0.29) is 55.2 Å². The number of benzene rings is 3. The summed E-state index contributed by atoms with van der Waals surface area (Å²) in [5.41, 5.74) is 5.07. The van der Waals surface area contributed by atoms with Crippen LogP contribution in [-0.4, -0.2) is 34.5 Å². The van der Waals surface area contributed by atoms with E-state index in [2.05, 4.69) is 17.2 Å². The average Bonchev–Trinajstić information content (AvgIpc) is 3.03.